The molecule has 0 saturated carbocycles. The fourth-order valence-electron chi connectivity index (χ4n) is 2.71. The van der Waals surface area contributed by atoms with Gasteiger partial charge in [0, 0.05) is 18.5 Å². The molecule has 1 aromatic carbocycles. The summed E-state index contributed by atoms with van der Waals surface area (Å²) in [5.41, 5.74) is 8.04. The van der Waals surface area contributed by atoms with Crippen LogP contribution in [0, 0.1) is 11.2 Å². The first kappa shape index (κ1) is 13.6. The molecule has 1 aromatic heterocycles. The maximum Gasteiger partial charge on any atom is 0.215 e. The summed E-state index contributed by atoms with van der Waals surface area (Å²) in [7, 11) is 0. The first-order valence-corrected chi connectivity index (χ1v) is 7.09. The molecule has 1 aliphatic rings. The van der Waals surface area contributed by atoms with Crippen LogP contribution in [-0.2, 0) is 12.8 Å². The van der Waals surface area contributed by atoms with Crippen LogP contribution in [0.4, 0.5) is 10.2 Å². The van der Waals surface area contributed by atoms with E-state index in [4.69, 9.17) is 11.1 Å². The van der Waals surface area contributed by atoms with Gasteiger partial charge in [0.05, 0.1) is 5.69 Å². The number of rotatable bonds is 2. The van der Waals surface area contributed by atoms with Crippen LogP contribution in [0.3, 0.4) is 0 Å². The molecule has 5 nitrogen and oxygen atoms in total. The molecular formula is C15H18FN5. The second-order valence-corrected chi connectivity index (χ2v) is 5.22. The van der Waals surface area contributed by atoms with Gasteiger partial charge >= 0.3 is 0 Å². The molecule has 0 amide bonds. The number of nitrogens with two attached hydrogens (primary N) is 1. The van der Waals surface area contributed by atoms with E-state index in [-0.39, 0.29) is 11.8 Å². The molecule has 1 aliphatic heterocycles. The molecule has 3 rings (SSSR count). The van der Waals surface area contributed by atoms with E-state index in [0.29, 0.717) is 12.0 Å². The Morgan fingerprint density at radius 2 is 2.19 bits per heavy atom. The average molecular weight is 287 g/mol. The molecule has 110 valence electrons. The lowest BCUT2D eigenvalue weighted by molar-refractivity contribution is 0.612. The van der Waals surface area contributed by atoms with Crippen LogP contribution in [0.1, 0.15) is 29.7 Å². The van der Waals surface area contributed by atoms with Crippen LogP contribution >= 0.6 is 0 Å². The normalized spacial score (nSPS) is 14.1. The molecule has 0 spiro atoms. The van der Waals surface area contributed by atoms with Crippen molar-refractivity contribution in [2.75, 3.05) is 11.9 Å². The number of hydrogen-bond acceptors (Lipinski definition) is 3. The summed E-state index contributed by atoms with van der Waals surface area (Å²) < 4.78 is 15.2. The first-order chi connectivity index (χ1) is 10.2. The second-order valence-electron chi connectivity index (χ2n) is 5.22. The zero-order chi connectivity index (χ0) is 14.8. The van der Waals surface area contributed by atoms with E-state index in [1.54, 1.807) is 12.1 Å². The number of hydrogen-bond donors (Lipinski definition) is 3. The molecule has 6 heteroatoms. The van der Waals surface area contributed by atoms with Crippen molar-refractivity contribution in [3.05, 3.63) is 46.9 Å². The molecule has 0 aliphatic carbocycles. The summed E-state index contributed by atoms with van der Waals surface area (Å²) in [5, 5.41) is 15.3. The number of nitrogen functional groups attached to an aromatic ring is 1. The smallest absolute Gasteiger partial charge is 0.215 e. The summed E-state index contributed by atoms with van der Waals surface area (Å²) >= 11 is 0. The van der Waals surface area contributed by atoms with Gasteiger partial charge < -0.3 is 11.1 Å². The van der Waals surface area contributed by atoms with Gasteiger partial charge in [-0.3, -0.25) is 5.41 Å². The van der Waals surface area contributed by atoms with Crippen LogP contribution in [0.2, 0.25) is 0 Å². The average Bonchev–Trinajstić information content (AvgIpc) is 2.65. The van der Waals surface area contributed by atoms with E-state index < -0.39 is 0 Å². The zero-order valence-corrected chi connectivity index (χ0v) is 11.7. The van der Waals surface area contributed by atoms with Gasteiger partial charge in [0.15, 0.2) is 0 Å². The van der Waals surface area contributed by atoms with E-state index in [9.17, 15) is 4.39 Å². The van der Waals surface area contributed by atoms with E-state index in [1.807, 2.05) is 6.07 Å². The van der Waals surface area contributed by atoms with Crippen LogP contribution in [0.5, 0.6) is 0 Å². The van der Waals surface area contributed by atoms with E-state index in [0.717, 1.165) is 42.9 Å². The minimum atomic E-state index is -0.231. The lowest BCUT2D eigenvalue weighted by Gasteiger charge is -2.06. The number of halogens is 1. The minimum absolute atomic E-state index is 0.125. The maximum atomic E-state index is 13.8. The van der Waals surface area contributed by atoms with Gasteiger partial charge in [0.2, 0.25) is 5.96 Å². The molecule has 0 saturated heterocycles. The Labute approximate surface area is 122 Å². The van der Waals surface area contributed by atoms with Crippen molar-refractivity contribution >= 4 is 11.8 Å². The van der Waals surface area contributed by atoms with Gasteiger partial charge in [-0.2, -0.15) is 9.78 Å². The molecule has 0 atom stereocenters. The molecular weight excluding hydrogens is 269 g/mol. The number of anilines is 1. The Morgan fingerprint density at radius 1 is 1.38 bits per heavy atom. The Hall–Kier alpha value is -2.37. The zero-order valence-electron chi connectivity index (χ0n) is 11.7. The van der Waals surface area contributed by atoms with Crippen molar-refractivity contribution in [1.29, 1.82) is 5.41 Å². The van der Waals surface area contributed by atoms with Gasteiger partial charge in [0.25, 0.3) is 0 Å². The third-order valence-electron chi connectivity index (χ3n) is 3.76. The molecule has 0 unspecified atom stereocenters. The maximum absolute atomic E-state index is 13.8. The third-order valence-corrected chi connectivity index (χ3v) is 3.76. The van der Waals surface area contributed by atoms with Crippen molar-refractivity contribution in [2.24, 2.45) is 5.73 Å². The van der Waals surface area contributed by atoms with Crippen LogP contribution in [-0.4, -0.2) is 22.3 Å². The predicted molar refractivity (Wildman–Crippen MR) is 80.2 cm³/mol. The minimum Gasteiger partial charge on any atom is -0.370 e. The van der Waals surface area contributed by atoms with Crippen molar-refractivity contribution < 1.29 is 4.39 Å². The number of nitrogens with zero attached hydrogens (tertiary/aromatic N) is 2. The Bertz CT molecular complexity index is 677. The van der Waals surface area contributed by atoms with Gasteiger partial charge in [-0.05, 0) is 30.9 Å². The summed E-state index contributed by atoms with van der Waals surface area (Å²) in [5.74, 6) is 0.428. The third kappa shape index (κ3) is 2.61. The number of fused-ring (bicyclic) bond motifs is 1. The summed E-state index contributed by atoms with van der Waals surface area (Å²) in [6.45, 7) is 0.838. The largest absolute Gasteiger partial charge is 0.370 e. The number of nitrogens with one attached hydrogen (secondary N) is 2. The van der Waals surface area contributed by atoms with Gasteiger partial charge in [-0.1, -0.05) is 18.2 Å². The van der Waals surface area contributed by atoms with Crippen molar-refractivity contribution in [1.82, 2.24) is 9.78 Å². The second kappa shape index (κ2) is 5.55. The highest BCUT2D eigenvalue weighted by Crippen LogP contribution is 2.27. The summed E-state index contributed by atoms with van der Waals surface area (Å²) in [6.07, 6.45) is 3.40. The molecule has 0 radical (unpaired) electrons. The SMILES string of the molecule is N=C(N)n1nc(Cc2ccccc2F)c2c1NCCCC2. The Morgan fingerprint density at radius 3 is 2.95 bits per heavy atom. The molecule has 0 fully saturated rings. The van der Waals surface area contributed by atoms with Crippen LogP contribution in [0.15, 0.2) is 24.3 Å². The lowest BCUT2D eigenvalue weighted by atomic mass is 10.0. The summed E-state index contributed by atoms with van der Waals surface area (Å²) in [4.78, 5) is 0. The van der Waals surface area contributed by atoms with Crippen molar-refractivity contribution in [3.8, 4) is 0 Å². The fourth-order valence-corrected chi connectivity index (χ4v) is 2.71. The quantitative estimate of drug-likeness (QED) is 0.584. The standard InChI is InChI=1S/C15H18FN5/c16-12-7-2-1-5-10(12)9-13-11-6-3-4-8-19-14(11)21(20-13)15(17)18/h1-2,5,7,19H,3-4,6,8-9H2,(H3,17,18). The molecule has 4 N–H and O–H groups in total. The monoisotopic (exact) mass is 287 g/mol. The molecule has 2 aromatic rings. The van der Waals surface area contributed by atoms with Gasteiger partial charge in [-0.15, -0.1) is 0 Å². The van der Waals surface area contributed by atoms with Crippen LogP contribution in [0.25, 0.3) is 0 Å². The topological polar surface area (TPSA) is 79.7 Å². The van der Waals surface area contributed by atoms with Gasteiger partial charge in [0.1, 0.15) is 11.6 Å². The molecule has 2 heterocycles. The fraction of sp³-hybridized carbons (Fsp3) is 0.333. The van der Waals surface area contributed by atoms with Crippen molar-refractivity contribution in [3.63, 3.8) is 0 Å². The molecule has 0 bridgehead atoms. The predicted octanol–water partition coefficient (Wildman–Crippen LogP) is 2.10. The lowest BCUT2D eigenvalue weighted by Crippen LogP contribution is -2.24. The highest BCUT2D eigenvalue weighted by atomic mass is 19.1. The number of benzene rings is 1. The van der Waals surface area contributed by atoms with E-state index >= 15 is 0 Å². The van der Waals surface area contributed by atoms with E-state index in [2.05, 4.69) is 10.4 Å². The highest BCUT2D eigenvalue weighted by Gasteiger charge is 2.21. The van der Waals surface area contributed by atoms with Crippen molar-refractivity contribution in [2.45, 2.75) is 25.7 Å². The molecule has 21 heavy (non-hydrogen) atoms. The Balaban J connectivity index is 2.02. The van der Waals surface area contributed by atoms with E-state index in [1.165, 1.54) is 10.7 Å². The summed E-state index contributed by atoms with van der Waals surface area (Å²) in [6, 6.07) is 6.71. The Kier molecular flexibility index (Phi) is 3.60. The highest BCUT2D eigenvalue weighted by molar-refractivity contribution is 5.81. The van der Waals surface area contributed by atoms with Gasteiger partial charge in [-0.25, -0.2) is 4.39 Å². The van der Waals surface area contributed by atoms with Crippen LogP contribution < -0.4 is 11.1 Å². The first-order valence-electron chi connectivity index (χ1n) is 7.09. The number of aromatic nitrogens is 2.